The van der Waals surface area contributed by atoms with Gasteiger partial charge in [0.25, 0.3) is 5.78 Å². The highest BCUT2D eigenvalue weighted by Gasteiger charge is 2.19. The first-order valence-corrected chi connectivity index (χ1v) is 9.78. The maximum atomic E-state index is 11.3. The van der Waals surface area contributed by atoms with E-state index >= 15 is 0 Å². The molecule has 0 saturated heterocycles. The third-order valence-electron chi connectivity index (χ3n) is 4.74. The summed E-state index contributed by atoms with van der Waals surface area (Å²) in [5.41, 5.74) is 2.84. The lowest BCUT2D eigenvalue weighted by atomic mass is 9.90. The van der Waals surface area contributed by atoms with Crippen molar-refractivity contribution in [2.24, 2.45) is 5.41 Å². The Morgan fingerprint density at radius 3 is 1.58 bits per heavy atom. The molecule has 0 unspecified atom stereocenters. The van der Waals surface area contributed by atoms with Crippen LogP contribution in [0.1, 0.15) is 57.7 Å². The fourth-order valence-electron chi connectivity index (χ4n) is 2.50. The molecule has 2 aromatic carbocycles. The van der Waals surface area contributed by atoms with Gasteiger partial charge in [-0.05, 0) is 50.5 Å². The van der Waals surface area contributed by atoms with Crippen molar-refractivity contribution in [1.82, 2.24) is 0 Å². The highest BCUT2D eigenvalue weighted by molar-refractivity contribution is 6.40. The molecule has 0 radical (unpaired) electrons. The van der Waals surface area contributed by atoms with Gasteiger partial charge in [-0.1, -0.05) is 49.7 Å². The van der Waals surface area contributed by atoms with Crippen molar-refractivity contribution in [2.75, 3.05) is 13.2 Å². The smallest absolute Gasteiger partial charge is 0.377 e. The van der Waals surface area contributed by atoms with Crippen molar-refractivity contribution >= 4 is 17.7 Å². The Balaban J connectivity index is 0.000000461. The Morgan fingerprint density at radius 1 is 0.871 bits per heavy atom. The van der Waals surface area contributed by atoms with Gasteiger partial charge in [-0.2, -0.15) is 0 Å². The number of carboxylic acid groups (broad SMARTS) is 2. The molecule has 31 heavy (non-hydrogen) atoms. The van der Waals surface area contributed by atoms with E-state index in [2.05, 4.69) is 0 Å². The van der Waals surface area contributed by atoms with Crippen molar-refractivity contribution in [3.63, 3.8) is 0 Å². The number of carboxylic acids is 2. The summed E-state index contributed by atoms with van der Waals surface area (Å²) in [7, 11) is 0. The van der Waals surface area contributed by atoms with E-state index in [1.807, 2.05) is 32.9 Å². The molecule has 2 aromatic rings. The van der Waals surface area contributed by atoms with Crippen LogP contribution in [-0.4, -0.2) is 51.4 Å². The fraction of sp³-hybridized carbons (Fsp3) is 0.375. The molecule has 0 fully saturated rings. The lowest BCUT2D eigenvalue weighted by Crippen LogP contribution is -2.24. The summed E-state index contributed by atoms with van der Waals surface area (Å²) in [6.45, 7) is 9.35. The number of aliphatic hydroxyl groups is 2. The van der Waals surface area contributed by atoms with Gasteiger partial charge < -0.3 is 20.4 Å². The van der Waals surface area contributed by atoms with Crippen LogP contribution >= 0.6 is 0 Å². The second kappa shape index (κ2) is 13.3. The van der Waals surface area contributed by atoms with Crippen molar-refractivity contribution in [1.29, 1.82) is 0 Å². The topological polar surface area (TPSA) is 132 Å². The van der Waals surface area contributed by atoms with E-state index < -0.39 is 17.7 Å². The van der Waals surface area contributed by atoms with Crippen LogP contribution in [0.25, 0.3) is 0 Å². The van der Waals surface area contributed by atoms with Gasteiger partial charge >= 0.3 is 11.9 Å². The number of aliphatic hydroxyl groups excluding tert-OH is 2. The molecular weight excluding hydrogens is 400 g/mol. The van der Waals surface area contributed by atoms with Crippen molar-refractivity contribution < 1.29 is 34.8 Å². The number of Topliss-reactive ketones (excluding diaryl/α,β-unsaturated/α-hetero) is 1. The van der Waals surface area contributed by atoms with Crippen LogP contribution < -0.4 is 0 Å². The van der Waals surface area contributed by atoms with E-state index in [4.69, 9.17) is 20.4 Å². The largest absolute Gasteiger partial charge is 0.478 e. The number of aryl methyl sites for hydroxylation is 3. The van der Waals surface area contributed by atoms with Gasteiger partial charge in [0.15, 0.2) is 0 Å². The second-order valence-electron chi connectivity index (χ2n) is 7.56. The first kappa shape index (κ1) is 28.0. The van der Waals surface area contributed by atoms with Crippen LogP contribution in [0.4, 0.5) is 0 Å². The van der Waals surface area contributed by atoms with Crippen molar-refractivity contribution in [3.05, 3.63) is 70.3 Å². The molecule has 0 aliphatic carbocycles. The minimum atomic E-state index is -1.40. The maximum Gasteiger partial charge on any atom is 0.377 e. The molecule has 2 rings (SSSR count). The molecule has 0 spiro atoms. The summed E-state index contributed by atoms with van der Waals surface area (Å²) in [6, 6.07) is 11.9. The van der Waals surface area contributed by atoms with Crippen molar-refractivity contribution in [2.45, 2.75) is 41.0 Å². The van der Waals surface area contributed by atoms with Crippen LogP contribution in [0.3, 0.4) is 0 Å². The summed E-state index contributed by atoms with van der Waals surface area (Å²) in [5.74, 6) is -3.12. The Hall–Kier alpha value is -3.03. The number of aliphatic carboxylic acids is 1. The molecule has 0 bridgehead atoms. The number of hydrogen-bond acceptors (Lipinski definition) is 5. The van der Waals surface area contributed by atoms with Crippen LogP contribution in [0.15, 0.2) is 42.5 Å². The summed E-state index contributed by atoms with van der Waals surface area (Å²) < 4.78 is 0. The van der Waals surface area contributed by atoms with Gasteiger partial charge in [-0.3, -0.25) is 4.79 Å². The monoisotopic (exact) mass is 432 g/mol. The highest BCUT2D eigenvalue weighted by atomic mass is 16.4. The van der Waals surface area contributed by atoms with E-state index in [9.17, 15) is 14.4 Å². The van der Waals surface area contributed by atoms with Crippen LogP contribution in [0.5, 0.6) is 0 Å². The van der Waals surface area contributed by atoms with E-state index in [1.165, 1.54) is 0 Å². The SMILES string of the molecule is CCC(C)(CO)CO.Cc1cc(C)c(C(=O)C(=O)O)c(C)c1.O=C(O)c1ccccc1. The Morgan fingerprint density at radius 2 is 1.32 bits per heavy atom. The molecule has 170 valence electrons. The zero-order valence-electron chi connectivity index (χ0n) is 18.7. The number of ketones is 1. The molecule has 7 heteroatoms. The van der Waals surface area contributed by atoms with E-state index in [0.29, 0.717) is 11.1 Å². The summed E-state index contributed by atoms with van der Waals surface area (Å²) in [5, 5.41) is 34.2. The standard InChI is InChI=1S/C11H12O3.C7H6O2.C6H14O2/c1-6-4-7(2)9(8(3)5-6)10(12)11(13)14;8-7(9)6-4-2-1-3-5-6;1-3-6(2,4-7)5-8/h4-5H,1-3H3,(H,13,14);1-5H,(H,8,9);7-8H,3-5H2,1-2H3. The number of aromatic carboxylic acids is 1. The number of carbonyl (C=O) groups is 3. The molecule has 0 aliphatic rings. The fourth-order valence-corrected chi connectivity index (χ4v) is 2.50. The first-order chi connectivity index (χ1) is 14.4. The zero-order valence-corrected chi connectivity index (χ0v) is 18.7. The lowest BCUT2D eigenvalue weighted by molar-refractivity contribution is -0.131. The summed E-state index contributed by atoms with van der Waals surface area (Å²) in [4.78, 5) is 32.0. The zero-order chi connectivity index (χ0) is 24.2. The second-order valence-corrected chi connectivity index (χ2v) is 7.56. The van der Waals surface area contributed by atoms with Crippen LogP contribution in [-0.2, 0) is 4.79 Å². The normalized spacial score (nSPS) is 10.2. The van der Waals surface area contributed by atoms with E-state index in [0.717, 1.165) is 23.1 Å². The molecule has 0 aliphatic heterocycles. The predicted octanol–water partition coefficient (Wildman–Crippen LogP) is 3.65. The van der Waals surface area contributed by atoms with E-state index in [-0.39, 0.29) is 18.6 Å². The molecule has 7 nitrogen and oxygen atoms in total. The molecule has 0 amide bonds. The third-order valence-corrected chi connectivity index (χ3v) is 4.74. The first-order valence-electron chi connectivity index (χ1n) is 9.78. The highest BCUT2D eigenvalue weighted by Crippen LogP contribution is 2.18. The maximum absolute atomic E-state index is 11.3. The predicted molar refractivity (Wildman–Crippen MR) is 119 cm³/mol. The Kier molecular flexibility index (Phi) is 12.0. The van der Waals surface area contributed by atoms with Gasteiger partial charge in [-0.25, -0.2) is 9.59 Å². The minimum Gasteiger partial charge on any atom is -0.478 e. The molecule has 0 atom stereocenters. The number of benzene rings is 2. The Labute approximate surface area is 183 Å². The quantitative estimate of drug-likeness (QED) is 0.404. The molecule has 0 aromatic heterocycles. The number of hydrogen-bond donors (Lipinski definition) is 4. The van der Waals surface area contributed by atoms with E-state index in [1.54, 1.807) is 44.2 Å². The summed E-state index contributed by atoms with van der Waals surface area (Å²) >= 11 is 0. The van der Waals surface area contributed by atoms with Crippen LogP contribution in [0, 0.1) is 26.2 Å². The van der Waals surface area contributed by atoms with Gasteiger partial charge in [0.05, 0.1) is 18.8 Å². The lowest BCUT2D eigenvalue weighted by Gasteiger charge is -2.21. The minimum absolute atomic E-state index is 0.0694. The van der Waals surface area contributed by atoms with Gasteiger partial charge in [-0.15, -0.1) is 0 Å². The van der Waals surface area contributed by atoms with Crippen LogP contribution in [0.2, 0.25) is 0 Å². The molecular formula is C24H32O7. The molecule has 0 saturated carbocycles. The molecule has 4 N–H and O–H groups in total. The van der Waals surface area contributed by atoms with Crippen molar-refractivity contribution in [3.8, 4) is 0 Å². The average Bonchev–Trinajstić information content (AvgIpc) is 2.74. The van der Waals surface area contributed by atoms with Gasteiger partial charge in [0.1, 0.15) is 0 Å². The number of carbonyl (C=O) groups excluding carboxylic acids is 1. The Bertz CT molecular complexity index is 837. The van der Waals surface area contributed by atoms with Gasteiger partial charge in [0.2, 0.25) is 0 Å². The average molecular weight is 433 g/mol. The number of rotatable bonds is 6. The molecule has 0 heterocycles. The third kappa shape index (κ3) is 9.55. The van der Waals surface area contributed by atoms with Gasteiger partial charge in [0, 0.05) is 11.0 Å². The summed E-state index contributed by atoms with van der Waals surface area (Å²) in [6.07, 6.45) is 0.819.